The predicted octanol–water partition coefficient (Wildman–Crippen LogP) is 2.17. The maximum Gasteiger partial charge on any atom is 0.172 e. The Balaban J connectivity index is 2.74. The molecule has 1 aromatic heterocycles. The second-order valence-electron chi connectivity index (χ2n) is 3.31. The first kappa shape index (κ1) is 11.5. The highest BCUT2D eigenvalue weighted by Gasteiger charge is 2.21. The summed E-state index contributed by atoms with van der Waals surface area (Å²) in [5, 5.41) is 15.6. The van der Waals surface area contributed by atoms with Crippen LogP contribution >= 0.6 is 11.6 Å². The van der Waals surface area contributed by atoms with Crippen molar-refractivity contribution in [3.63, 3.8) is 0 Å². The van der Waals surface area contributed by atoms with Crippen molar-refractivity contribution >= 4 is 17.4 Å². The molecule has 0 unspecified atom stereocenters. The molecular formula is C10H9ClFN3O2. The molecule has 0 bridgehead atoms. The van der Waals surface area contributed by atoms with Crippen LogP contribution in [0.3, 0.4) is 0 Å². The van der Waals surface area contributed by atoms with Crippen molar-refractivity contribution in [2.24, 2.45) is 0 Å². The average molecular weight is 258 g/mol. The zero-order valence-corrected chi connectivity index (χ0v) is 9.55. The average Bonchev–Trinajstić information content (AvgIpc) is 2.69. The molecule has 17 heavy (non-hydrogen) atoms. The zero-order valence-electron chi connectivity index (χ0n) is 8.79. The number of halogens is 2. The Hall–Kier alpha value is -1.95. The molecule has 0 saturated heterocycles. The summed E-state index contributed by atoms with van der Waals surface area (Å²) < 4.78 is 18.9. The highest BCUT2D eigenvalue weighted by molar-refractivity contribution is 6.31. The number of aromatic amines is 1. The van der Waals surface area contributed by atoms with Crippen LogP contribution in [0, 0.1) is 5.82 Å². The number of methoxy groups -OCH3 is 1. The highest BCUT2D eigenvalue weighted by Crippen LogP contribution is 2.42. The molecule has 0 amide bonds. The minimum Gasteiger partial charge on any atom is -0.504 e. The lowest BCUT2D eigenvalue weighted by molar-refractivity contribution is 0.372. The number of H-pyrrole nitrogens is 1. The number of nitrogens with zero attached hydrogens (tertiary/aromatic N) is 1. The molecule has 1 aromatic carbocycles. The van der Waals surface area contributed by atoms with E-state index in [1.54, 1.807) is 0 Å². The standard InChI is InChI=1S/C10H9ClFN3O2/c1-17-10-6(16)2-4(11)9(12)8(10)5-3-7(13)15-14-5/h2-3,16H,1H3,(H3,13,14,15). The summed E-state index contributed by atoms with van der Waals surface area (Å²) in [5.74, 6) is -0.816. The fraction of sp³-hybridized carbons (Fsp3) is 0.100. The summed E-state index contributed by atoms with van der Waals surface area (Å²) in [6.07, 6.45) is 0. The molecular weight excluding hydrogens is 249 g/mol. The van der Waals surface area contributed by atoms with Crippen molar-refractivity contribution < 1.29 is 14.2 Å². The van der Waals surface area contributed by atoms with Gasteiger partial charge in [-0.2, -0.15) is 5.10 Å². The van der Waals surface area contributed by atoms with Crippen LogP contribution in [0.4, 0.5) is 10.2 Å². The summed E-state index contributed by atoms with van der Waals surface area (Å²) in [6.45, 7) is 0. The third-order valence-corrected chi connectivity index (χ3v) is 2.50. The smallest absolute Gasteiger partial charge is 0.172 e. The first-order valence-corrected chi connectivity index (χ1v) is 4.98. The van der Waals surface area contributed by atoms with Crippen molar-refractivity contribution in [3.8, 4) is 22.8 Å². The van der Waals surface area contributed by atoms with Gasteiger partial charge in [0, 0.05) is 12.1 Å². The van der Waals surface area contributed by atoms with E-state index in [2.05, 4.69) is 10.2 Å². The van der Waals surface area contributed by atoms with Gasteiger partial charge in [0.15, 0.2) is 17.3 Å². The van der Waals surface area contributed by atoms with Crippen LogP contribution in [0.1, 0.15) is 0 Å². The van der Waals surface area contributed by atoms with Gasteiger partial charge >= 0.3 is 0 Å². The lowest BCUT2D eigenvalue weighted by Crippen LogP contribution is -1.94. The molecule has 0 saturated carbocycles. The first-order valence-electron chi connectivity index (χ1n) is 4.60. The SMILES string of the molecule is COc1c(O)cc(Cl)c(F)c1-c1cc(N)n[nH]1. The van der Waals surface area contributed by atoms with Crippen molar-refractivity contribution in [1.82, 2.24) is 10.2 Å². The van der Waals surface area contributed by atoms with Crippen LogP contribution in [0.25, 0.3) is 11.3 Å². The number of hydrogen-bond donors (Lipinski definition) is 3. The van der Waals surface area contributed by atoms with Crippen molar-refractivity contribution in [2.75, 3.05) is 12.8 Å². The van der Waals surface area contributed by atoms with Gasteiger partial charge in [0.1, 0.15) is 5.82 Å². The number of anilines is 1. The van der Waals surface area contributed by atoms with Crippen LogP contribution in [0.2, 0.25) is 5.02 Å². The van der Waals surface area contributed by atoms with Crippen LogP contribution in [-0.4, -0.2) is 22.4 Å². The van der Waals surface area contributed by atoms with E-state index in [4.69, 9.17) is 22.1 Å². The molecule has 0 fully saturated rings. The predicted molar refractivity (Wildman–Crippen MR) is 61.6 cm³/mol. The van der Waals surface area contributed by atoms with Crippen molar-refractivity contribution in [2.45, 2.75) is 0 Å². The van der Waals surface area contributed by atoms with E-state index in [1.165, 1.54) is 13.2 Å². The Morgan fingerprint density at radius 1 is 1.53 bits per heavy atom. The third kappa shape index (κ3) is 1.87. The lowest BCUT2D eigenvalue weighted by Gasteiger charge is -2.10. The number of hydrogen-bond acceptors (Lipinski definition) is 4. The number of aromatic hydroxyl groups is 1. The van der Waals surface area contributed by atoms with Crippen molar-refractivity contribution in [3.05, 3.63) is 23.0 Å². The van der Waals surface area contributed by atoms with Crippen LogP contribution in [-0.2, 0) is 0 Å². The van der Waals surface area contributed by atoms with Gasteiger partial charge in [-0.25, -0.2) is 4.39 Å². The number of rotatable bonds is 2. The molecule has 2 rings (SSSR count). The summed E-state index contributed by atoms with van der Waals surface area (Å²) in [6, 6.07) is 2.48. The molecule has 4 N–H and O–H groups in total. The van der Waals surface area contributed by atoms with Gasteiger partial charge in [-0.05, 0) is 0 Å². The summed E-state index contributed by atoms with van der Waals surface area (Å²) in [5.41, 5.74) is 5.69. The Labute approximate surface area is 101 Å². The largest absolute Gasteiger partial charge is 0.504 e. The van der Waals surface area contributed by atoms with E-state index < -0.39 is 5.82 Å². The second-order valence-corrected chi connectivity index (χ2v) is 3.71. The first-order chi connectivity index (χ1) is 8.04. The Morgan fingerprint density at radius 2 is 2.24 bits per heavy atom. The van der Waals surface area contributed by atoms with Gasteiger partial charge in [0.25, 0.3) is 0 Å². The van der Waals surface area contributed by atoms with E-state index in [1.807, 2.05) is 0 Å². The molecule has 7 heteroatoms. The maximum absolute atomic E-state index is 13.9. The monoisotopic (exact) mass is 257 g/mol. The highest BCUT2D eigenvalue weighted by atomic mass is 35.5. The van der Waals surface area contributed by atoms with E-state index in [9.17, 15) is 9.50 Å². The van der Waals surface area contributed by atoms with Crippen LogP contribution in [0.15, 0.2) is 12.1 Å². The number of phenols is 1. The van der Waals surface area contributed by atoms with Gasteiger partial charge in [0.05, 0.1) is 23.4 Å². The number of benzene rings is 1. The summed E-state index contributed by atoms with van der Waals surface area (Å²) in [7, 11) is 1.31. The number of phenolic OH excluding ortho intramolecular Hbond substituents is 1. The second kappa shape index (κ2) is 4.14. The molecule has 0 aliphatic carbocycles. The van der Waals surface area contributed by atoms with Gasteiger partial charge in [-0.3, -0.25) is 5.10 Å². The van der Waals surface area contributed by atoms with E-state index in [0.29, 0.717) is 0 Å². The van der Waals surface area contributed by atoms with Gasteiger partial charge in [-0.15, -0.1) is 0 Å². The topological polar surface area (TPSA) is 84.2 Å². The van der Waals surface area contributed by atoms with Crippen molar-refractivity contribution in [1.29, 1.82) is 0 Å². The zero-order chi connectivity index (χ0) is 12.6. The number of aromatic nitrogens is 2. The molecule has 0 spiro atoms. The molecule has 5 nitrogen and oxygen atoms in total. The summed E-state index contributed by atoms with van der Waals surface area (Å²) in [4.78, 5) is 0. The lowest BCUT2D eigenvalue weighted by atomic mass is 10.1. The molecule has 0 aliphatic rings. The molecule has 1 heterocycles. The van der Waals surface area contributed by atoms with Crippen LogP contribution < -0.4 is 10.5 Å². The maximum atomic E-state index is 13.9. The minimum absolute atomic E-state index is 0.0123. The Kier molecular flexibility index (Phi) is 2.81. The van der Waals surface area contributed by atoms with E-state index >= 15 is 0 Å². The number of nitrogens with one attached hydrogen (secondary N) is 1. The number of ether oxygens (including phenoxy) is 1. The normalized spacial score (nSPS) is 10.5. The summed E-state index contributed by atoms with van der Waals surface area (Å²) >= 11 is 5.65. The van der Waals surface area contributed by atoms with Gasteiger partial charge in [0.2, 0.25) is 0 Å². The quantitative estimate of drug-likeness (QED) is 0.770. The Bertz CT molecular complexity index is 571. The van der Waals surface area contributed by atoms with E-state index in [0.717, 1.165) is 6.07 Å². The van der Waals surface area contributed by atoms with Crippen LogP contribution in [0.5, 0.6) is 11.5 Å². The molecule has 90 valence electrons. The third-order valence-electron chi connectivity index (χ3n) is 2.22. The molecule has 0 aliphatic heterocycles. The fourth-order valence-corrected chi connectivity index (χ4v) is 1.71. The Morgan fingerprint density at radius 3 is 2.76 bits per heavy atom. The van der Waals surface area contributed by atoms with Gasteiger partial charge in [-0.1, -0.05) is 11.6 Å². The molecule has 0 atom stereocenters. The molecule has 0 radical (unpaired) electrons. The minimum atomic E-state index is -0.718. The molecule has 2 aromatic rings. The number of nitrogens with two attached hydrogens (primary N) is 1. The fourth-order valence-electron chi connectivity index (χ4n) is 1.51. The number of nitrogen functional groups attached to an aromatic ring is 1. The van der Waals surface area contributed by atoms with Gasteiger partial charge < -0.3 is 15.6 Å². The van der Waals surface area contributed by atoms with E-state index in [-0.39, 0.29) is 33.6 Å².